The van der Waals surface area contributed by atoms with Gasteiger partial charge in [-0.05, 0) is 30.3 Å². The molecule has 0 aliphatic heterocycles. The first-order valence-corrected chi connectivity index (χ1v) is 5.53. The number of hydrogen-bond acceptors (Lipinski definition) is 1. The molecule has 1 heterocycles. The monoisotopic (exact) mass is 238 g/mol. The summed E-state index contributed by atoms with van der Waals surface area (Å²) < 4.78 is 2.75. The summed E-state index contributed by atoms with van der Waals surface area (Å²) in [6.45, 7) is 0.853. The van der Waals surface area contributed by atoms with E-state index in [1.165, 1.54) is 0 Å². The van der Waals surface area contributed by atoms with Gasteiger partial charge in [0.15, 0.2) is 4.77 Å². The largest absolute Gasteiger partial charge is 0.337 e. The normalized spacial score (nSPS) is 10.5. The number of nitrogens with one attached hydrogen (secondary N) is 1. The fourth-order valence-electron chi connectivity index (χ4n) is 1.47. The van der Waals surface area contributed by atoms with Gasteiger partial charge in [0, 0.05) is 24.0 Å². The molecule has 15 heavy (non-hydrogen) atoms. The smallest absolute Gasteiger partial charge is 0.177 e. The van der Waals surface area contributed by atoms with Crippen molar-refractivity contribution in [2.45, 2.75) is 13.0 Å². The molecule has 1 aromatic heterocycles. The first-order chi connectivity index (χ1) is 7.27. The predicted octanol–water partition coefficient (Wildman–Crippen LogP) is 3.44. The minimum atomic E-state index is 0.752. The summed E-state index contributed by atoms with van der Waals surface area (Å²) in [7, 11) is 0. The van der Waals surface area contributed by atoms with Crippen LogP contribution < -0.4 is 0 Å². The van der Waals surface area contributed by atoms with Crippen molar-refractivity contribution < 1.29 is 0 Å². The molecule has 2 rings (SSSR count). The van der Waals surface area contributed by atoms with Crippen molar-refractivity contribution in [2.24, 2.45) is 0 Å². The molecular weight excluding hydrogens is 228 g/mol. The molecular formula is C11H11ClN2S. The van der Waals surface area contributed by atoms with Crippen LogP contribution in [0.25, 0.3) is 0 Å². The second kappa shape index (κ2) is 4.64. The molecule has 2 nitrogen and oxygen atoms in total. The van der Waals surface area contributed by atoms with Crippen LogP contribution in [0.1, 0.15) is 5.56 Å². The molecule has 0 bridgehead atoms. The van der Waals surface area contributed by atoms with E-state index in [-0.39, 0.29) is 0 Å². The Hall–Kier alpha value is -1.06. The van der Waals surface area contributed by atoms with E-state index in [0.29, 0.717) is 0 Å². The molecule has 0 aliphatic rings. The lowest BCUT2D eigenvalue weighted by Crippen LogP contribution is -2.00. The zero-order chi connectivity index (χ0) is 10.7. The van der Waals surface area contributed by atoms with Crippen molar-refractivity contribution in [3.8, 4) is 0 Å². The molecule has 0 saturated carbocycles. The van der Waals surface area contributed by atoms with Gasteiger partial charge < -0.3 is 9.55 Å². The summed E-state index contributed by atoms with van der Waals surface area (Å²) in [5.41, 5.74) is 1.15. The van der Waals surface area contributed by atoms with Crippen molar-refractivity contribution >= 4 is 23.8 Å². The van der Waals surface area contributed by atoms with Crippen molar-refractivity contribution in [1.82, 2.24) is 9.55 Å². The van der Waals surface area contributed by atoms with Crippen molar-refractivity contribution in [2.75, 3.05) is 0 Å². The first kappa shape index (κ1) is 10.5. The SMILES string of the molecule is S=c1[nH]ccn1CCc1ccccc1Cl. The van der Waals surface area contributed by atoms with Crippen LogP contribution in [0.3, 0.4) is 0 Å². The molecule has 0 saturated heterocycles. The van der Waals surface area contributed by atoms with Crippen LogP contribution in [0, 0.1) is 4.77 Å². The van der Waals surface area contributed by atoms with Gasteiger partial charge in [-0.25, -0.2) is 0 Å². The van der Waals surface area contributed by atoms with Crippen LogP contribution in [0.2, 0.25) is 5.02 Å². The number of hydrogen-bond donors (Lipinski definition) is 1. The Morgan fingerprint density at radius 3 is 2.80 bits per heavy atom. The summed E-state index contributed by atoms with van der Waals surface area (Å²) in [4.78, 5) is 2.96. The molecule has 1 aromatic carbocycles. The van der Waals surface area contributed by atoms with Crippen LogP contribution in [0.4, 0.5) is 0 Å². The van der Waals surface area contributed by atoms with Crippen molar-refractivity contribution in [1.29, 1.82) is 0 Å². The highest BCUT2D eigenvalue weighted by atomic mass is 35.5. The molecule has 78 valence electrons. The van der Waals surface area contributed by atoms with E-state index in [1.807, 2.05) is 41.2 Å². The molecule has 0 amide bonds. The Morgan fingerprint density at radius 1 is 1.33 bits per heavy atom. The van der Waals surface area contributed by atoms with Gasteiger partial charge in [-0.15, -0.1) is 0 Å². The molecule has 4 heteroatoms. The maximum Gasteiger partial charge on any atom is 0.177 e. The highest BCUT2D eigenvalue weighted by molar-refractivity contribution is 7.71. The molecule has 0 radical (unpaired) electrons. The third-order valence-electron chi connectivity index (χ3n) is 2.30. The van der Waals surface area contributed by atoms with Gasteiger partial charge >= 0.3 is 0 Å². The Bertz CT molecular complexity index is 501. The van der Waals surface area contributed by atoms with Crippen LogP contribution in [0.5, 0.6) is 0 Å². The van der Waals surface area contributed by atoms with Crippen molar-refractivity contribution in [3.05, 3.63) is 52.0 Å². The second-order valence-electron chi connectivity index (χ2n) is 3.30. The maximum absolute atomic E-state index is 6.06. The average Bonchev–Trinajstić information content (AvgIpc) is 2.63. The zero-order valence-corrected chi connectivity index (χ0v) is 9.68. The van der Waals surface area contributed by atoms with Gasteiger partial charge in [0.1, 0.15) is 0 Å². The standard InChI is InChI=1S/C11H11ClN2S/c12-10-4-2-1-3-9(10)5-7-14-8-6-13-11(14)15/h1-4,6,8H,5,7H2,(H,13,15). The van der Waals surface area contributed by atoms with E-state index >= 15 is 0 Å². The van der Waals surface area contributed by atoms with E-state index in [4.69, 9.17) is 23.8 Å². The van der Waals surface area contributed by atoms with E-state index in [1.54, 1.807) is 0 Å². The molecule has 0 unspecified atom stereocenters. The van der Waals surface area contributed by atoms with E-state index in [0.717, 1.165) is 28.3 Å². The quantitative estimate of drug-likeness (QED) is 0.813. The fourth-order valence-corrected chi connectivity index (χ4v) is 1.92. The topological polar surface area (TPSA) is 20.7 Å². The summed E-state index contributed by atoms with van der Waals surface area (Å²) >= 11 is 11.2. The van der Waals surface area contributed by atoms with Crippen LogP contribution in [-0.4, -0.2) is 9.55 Å². The van der Waals surface area contributed by atoms with Crippen LogP contribution in [-0.2, 0) is 13.0 Å². The second-order valence-corrected chi connectivity index (χ2v) is 4.09. The number of aromatic amines is 1. The third kappa shape index (κ3) is 2.49. The Balaban J connectivity index is 2.09. The lowest BCUT2D eigenvalue weighted by molar-refractivity contribution is 0.687. The predicted molar refractivity (Wildman–Crippen MR) is 64.8 cm³/mol. The number of imidazole rings is 1. The number of H-pyrrole nitrogens is 1. The zero-order valence-electron chi connectivity index (χ0n) is 8.11. The molecule has 2 aromatic rings. The number of nitrogens with zero attached hydrogens (tertiary/aromatic N) is 1. The number of benzene rings is 1. The lowest BCUT2D eigenvalue weighted by Gasteiger charge is -2.04. The summed E-state index contributed by atoms with van der Waals surface area (Å²) in [6, 6.07) is 7.89. The molecule has 0 aliphatic carbocycles. The highest BCUT2D eigenvalue weighted by Gasteiger charge is 1.99. The third-order valence-corrected chi connectivity index (χ3v) is 3.02. The highest BCUT2D eigenvalue weighted by Crippen LogP contribution is 2.15. The Labute approximate surface area is 98.5 Å². The van der Waals surface area contributed by atoms with Gasteiger partial charge in [0.2, 0.25) is 0 Å². The molecule has 1 N–H and O–H groups in total. The lowest BCUT2D eigenvalue weighted by atomic mass is 10.1. The van der Waals surface area contributed by atoms with Gasteiger partial charge in [-0.2, -0.15) is 0 Å². The van der Waals surface area contributed by atoms with Gasteiger partial charge in [0.05, 0.1) is 0 Å². The summed E-state index contributed by atoms with van der Waals surface area (Å²) in [5, 5.41) is 0.819. The van der Waals surface area contributed by atoms with Gasteiger partial charge in [-0.3, -0.25) is 0 Å². The van der Waals surface area contributed by atoms with E-state index in [9.17, 15) is 0 Å². The Kier molecular flexibility index (Phi) is 3.23. The summed E-state index contributed by atoms with van der Waals surface area (Å²) in [6.07, 6.45) is 4.68. The summed E-state index contributed by atoms with van der Waals surface area (Å²) in [5.74, 6) is 0. The van der Waals surface area contributed by atoms with E-state index < -0.39 is 0 Å². The number of aromatic nitrogens is 2. The number of halogens is 1. The van der Waals surface area contributed by atoms with Gasteiger partial charge in [0.25, 0.3) is 0 Å². The van der Waals surface area contributed by atoms with Crippen LogP contribution in [0.15, 0.2) is 36.7 Å². The maximum atomic E-state index is 6.06. The first-order valence-electron chi connectivity index (χ1n) is 4.74. The van der Waals surface area contributed by atoms with E-state index in [2.05, 4.69) is 4.98 Å². The number of rotatable bonds is 3. The number of aryl methyl sites for hydroxylation is 2. The van der Waals surface area contributed by atoms with Crippen LogP contribution >= 0.6 is 23.8 Å². The average molecular weight is 239 g/mol. The molecule has 0 fully saturated rings. The minimum Gasteiger partial charge on any atom is -0.337 e. The minimum absolute atomic E-state index is 0.752. The van der Waals surface area contributed by atoms with Crippen molar-refractivity contribution in [3.63, 3.8) is 0 Å². The fraction of sp³-hybridized carbons (Fsp3) is 0.182. The van der Waals surface area contributed by atoms with Gasteiger partial charge in [-0.1, -0.05) is 29.8 Å². The molecule has 0 spiro atoms. The Morgan fingerprint density at radius 2 is 2.13 bits per heavy atom. The molecule has 0 atom stereocenters.